The van der Waals surface area contributed by atoms with E-state index < -0.39 is 5.97 Å². The molecule has 2 heterocycles. The maximum atomic E-state index is 12.9. The first kappa shape index (κ1) is 22.5. The van der Waals surface area contributed by atoms with Crippen LogP contribution in [0.4, 0.5) is 11.4 Å². The number of hydrogen-bond donors (Lipinski definition) is 2. The topological polar surface area (TPSA) is 94.5 Å². The number of methoxy groups -OCH3 is 2. The SMILES string of the molecule is COC(=O)c1c(NC(=O)c2ccc(OC)cc2)c2cc(NC(C)CSC)cnc2n1C. The van der Waals surface area contributed by atoms with Crippen molar-refractivity contribution in [2.75, 3.05) is 36.9 Å². The molecule has 1 amide bonds. The maximum Gasteiger partial charge on any atom is 0.356 e. The van der Waals surface area contributed by atoms with Gasteiger partial charge in [0.05, 0.1) is 31.8 Å². The normalized spacial score (nSPS) is 11.8. The lowest BCUT2D eigenvalue weighted by Gasteiger charge is -2.14. The van der Waals surface area contributed by atoms with E-state index in [0.29, 0.717) is 28.0 Å². The van der Waals surface area contributed by atoms with Gasteiger partial charge in [-0.3, -0.25) is 4.79 Å². The molecule has 0 saturated carbocycles. The zero-order valence-electron chi connectivity index (χ0n) is 18.2. The van der Waals surface area contributed by atoms with Gasteiger partial charge in [-0.15, -0.1) is 0 Å². The number of thioether (sulfide) groups is 1. The van der Waals surface area contributed by atoms with E-state index in [-0.39, 0.29) is 17.6 Å². The summed E-state index contributed by atoms with van der Waals surface area (Å²) in [6.45, 7) is 2.08. The molecule has 0 spiro atoms. The van der Waals surface area contributed by atoms with E-state index in [1.54, 1.807) is 60.9 Å². The molecule has 164 valence electrons. The standard InChI is InChI=1S/C22H26N4O4S/c1-13(12-31-5)24-15-10-17-18(19(22(28)30-4)26(2)20(17)23-11-15)25-21(27)14-6-8-16(29-3)9-7-14/h6-11,13,24H,12H2,1-5H3,(H,25,27). The van der Waals surface area contributed by atoms with Crippen molar-refractivity contribution in [2.24, 2.45) is 7.05 Å². The molecule has 31 heavy (non-hydrogen) atoms. The van der Waals surface area contributed by atoms with E-state index in [9.17, 15) is 9.59 Å². The van der Waals surface area contributed by atoms with Gasteiger partial charge in [0.25, 0.3) is 5.91 Å². The lowest BCUT2D eigenvalue weighted by Crippen LogP contribution is -2.17. The number of rotatable bonds is 8. The molecule has 0 bridgehead atoms. The van der Waals surface area contributed by atoms with Crippen molar-refractivity contribution in [1.82, 2.24) is 9.55 Å². The van der Waals surface area contributed by atoms with Crippen LogP contribution in [0.5, 0.6) is 5.75 Å². The highest BCUT2D eigenvalue weighted by Crippen LogP contribution is 2.32. The second kappa shape index (κ2) is 9.74. The van der Waals surface area contributed by atoms with Crippen molar-refractivity contribution in [3.05, 3.63) is 47.8 Å². The summed E-state index contributed by atoms with van der Waals surface area (Å²) < 4.78 is 11.7. The van der Waals surface area contributed by atoms with Gasteiger partial charge in [-0.2, -0.15) is 11.8 Å². The first-order chi connectivity index (χ1) is 14.9. The summed E-state index contributed by atoms with van der Waals surface area (Å²) in [5.74, 6) is 0.669. The predicted octanol–water partition coefficient (Wildman–Crippen LogP) is 3.78. The third-order valence-corrected chi connectivity index (χ3v) is 5.66. The summed E-state index contributed by atoms with van der Waals surface area (Å²) in [4.78, 5) is 30.0. The second-order valence-electron chi connectivity index (χ2n) is 7.05. The van der Waals surface area contributed by atoms with Gasteiger partial charge in [-0.1, -0.05) is 0 Å². The second-order valence-corrected chi connectivity index (χ2v) is 7.96. The minimum Gasteiger partial charge on any atom is -0.497 e. The zero-order valence-corrected chi connectivity index (χ0v) is 19.0. The van der Waals surface area contributed by atoms with Gasteiger partial charge >= 0.3 is 5.97 Å². The maximum absolute atomic E-state index is 12.9. The van der Waals surface area contributed by atoms with Crippen LogP contribution in [0.25, 0.3) is 11.0 Å². The Balaban J connectivity index is 2.04. The van der Waals surface area contributed by atoms with Gasteiger partial charge in [-0.05, 0) is 43.5 Å². The van der Waals surface area contributed by atoms with E-state index in [2.05, 4.69) is 22.5 Å². The molecule has 9 heteroatoms. The minimum atomic E-state index is -0.559. The lowest BCUT2D eigenvalue weighted by molar-refractivity contribution is 0.0591. The van der Waals surface area contributed by atoms with Gasteiger partial charge in [0.2, 0.25) is 0 Å². The average Bonchev–Trinajstić information content (AvgIpc) is 3.04. The summed E-state index contributed by atoms with van der Waals surface area (Å²) in [5, 5.41) is 6.92. The summed E-state index contributed by atoms with van der Waals surface area (Å²) in [6.07, 6.45) is 3.77. The molecule has 3 rings (SSSR count). The van der Waals surface area contributed by atoms with Gasteiger partial charge in [-0.25, -0.2) is 9.78 Å². The van der Waals surface area contributed by atoms with Crippen LogP contribution in [-0.2, 0) is 11.8 Å². The average molecular weight is 443 g/mol. The van der Waals surface area contributed by atoms with Crippen molar-refractivity contribution in [1.29, 1.82) is 0 Å². The van der Waals surface area contributed by atoms with Crippen LogP contribution >= 0.6 is 11.8 Å². The highest BCUT2D eigenvalue weighted by Gasteiger charge is 2.25. The van der Waals surface area contributed by atoms with Crippen molar-refractivity contribution in [3.63, 3.8) is 0 Å². The first-order valence-electron chi connectivity index (χ1n) is 9.67. The predicted molar refractivity (Wildman–Crippen MR) is 124 cm³/mol. The highest BCUT2D eigenvalue weighted by molar-refractivity contribution is 7.98. The number of aromatic nitrogens is 2. The number of fused-ring (bicyclic) bond motifs is 1. The largest absolute Gasteiger partial charge is 0.497 e. The number of carbonyl (C=O) groups excluding carboxylic acids is 2. The number of hydrogen-bond acceptors (Lipinski definition) is 7. The number of amides is 1. The summed E-state index contributed by atoms with van der Waals surface area (Å²) in [7, 11) is 4.58. The Morgan fingerprint density at radius 1 is 1.23 bits per heavy atom. The first-order valence-corrected chi connectivity index (χ1v) is 11.1. The molecule has 0 aliphatic carbocycles. The van der Waals surface area contributed by atoms with Crippen LogP contribution in [0.3, 0.4) is 0 Å². The van der Waals surface area contributed by atoms with Crippen molar-refractivity contribution in [2.45, 2.75) is 13.0 Å². The fourth-order valence-corrected chi connectivity index (χ4v) is 3.94. The van der Waals surface area contributed by atoms with Gasteiger partial charge in [0, 0.05) is 29.8 Å². The van der Waals surface area contributed by atoms with Crippen LogP contribution in [0, 0.1) is 0 Å². The van der Waals surface area contributed by atoms with Crippen LogP contribution < -0.4 is 15.4 Å². The smallest absolute Gasteiger partial charge is 0.356 e. The quantitative estimate of drug-likeness (QED) is 0.513. The Hall–Kier alpha value is -3.20. The molecule has 0 saturated heterocycles. The molecular weight excluding hydrogens is 416 g/mol. The lowest BCUT2D eigenvalue weighted by atomic mass is 10.2. The van der Waals surface area contributed by atoms with Crippen LogP contribution in [0.1, 0.15) is 27.8 Å². The molecule has 0 aliphatic heterocycles. The molecule has 8 nitrogen and oxygen atoms in total. The number of nitrogens with zero attached hydrogens (tertiary/aromatic N) is 2. The monoisotopic (exact) mass is 442 g/mol. The fourth-order valence-electron chi connectivity index (χ4n) is 3.36. The Kier molecular flexibility index (Phi) is 7.06. The third-order valence-electron chi connectivity index (χ3n) is 4.83. The van der Waals surface area contributed by atoms with Crippen LogP contribution in [0.2, 0.25) is 0 Å². The molecule has 2 aromatic heterocycles. The van der Waals surface area contributed by atoms with E-state index in [0.717, 1.165) is 11.4 Å². The molecular formula is C22H26N4O4S. The molecule has 1 unspecified atom stereocenters. The van der Waals surface area contributed by atoms with Gasteiger partial charge in [0.1, 0.15) is 11.4 Å². The Labute approximate surface area is 185 Å². The zero-order chi connectivity index (χ0) is 22.5. The van der Waals surface area contributed by atoms with E-state index >= 15 is 0 Å². The number of anilines is 2. The number of nitrogens with one attached hydrogen (secondary N) is 2. The van der Waals surface area contributed by atoms with E-state index in [4.69, 9.17) is 9.47 Å². The number of benzene rings is 1. The Morgan fingerprint density at radius 2 is 1.94 bits per heavy atom. The van der Waals surface area contributed by atoms with Crippen molar-refractivity contribution < 1.29 is 19.1 Å². The molecule has 0 fully saturated rings. The number of aryl methyl sites for hydroxylation is 1. The number of esters is 1. The van der Waals surface area contributed by atoms with Crippen LogP contribution in [-0.4, -0.2) is 53.7 Å². The minimum absolute atomic E-state index is 0.223. The van der Waals surface area contributed by atoms with Crippen LogP contribution in [0.15, 0.2) is 36.5 Å². The fraction of sp³-hybridized carbons (Fsp3) is 0.318. The van der Waals surface area contributed by atoms with E-state index in [1.165, 1.54) is 7.11 Å². The third kappa shape index (κ3) is 4.77. The summed E-state index contributed by atoms with van der Waals surface area (Å²) in [5.41, 5.74) is 2.38. The molecule has 0 aliphatic rings. The Bertz CT molecular complexity index is 1100. The molecule has 1 atom stereocenters. The summed E-state index contributed by atoms with van der Waals surface area (Å²) in [6, 6.07) is 8.84. The van der Waals surface area contributed by atoms with Gasteiger partial charge < -0.3 is 24.7 Å². The van der Waals surface area contributed by atoms with Crippen molar-refractivity contribution >= 4 is 46.0 Å². The molecule has 2 N–H and O–H groups in total. The van der Waals surface area contributed by atoms with Crippen molar-refractivity contribution in [3.8, 4) is 5.75 Å². The number of ether oxygens (including phenoxy) is 2. The van der Waals surface area contributed by atoms with E-state index in [1.807, 2.05) is 12.3 Å². The highest BCUT2D eigenvalue weighted by atomic mass is 32.2. The molecule has 3 aromatic rings. The molecule has 0 radical (unpaired) electrons. The number of carbonyl (C=O) groups is 2. The molecule has 1 aromatic carbocycles. The van der Waals surface area contributed by atoms with Gasteiger partial charge in [0.15, 0.2) is 5.69 Å². The summed E-state index contributed by atoms with van der Waals surface area (Å²) >= 11 is 1.74. The Morgan fingerprint density at radius 3 is 2.55 bits per heavy atom. The number of pyridine rings is 1.